The number of piperazine rings is 1. The van der Waals surface area contributed by atoms with Gasteiger partial charge in [-0.05, 0) is 12.1 Å². The monoisotopic (exact) mass is 383 g/mol. The Hall–Kier alpha value is -1.70. The highest BCUT2D eigenvalue weighted by molar-refractivity contribution is 6.33. The maximum atomic E-state index is 13.9. The fourth-order valence-corrected chi connectivity index (χ4v) is 3.50. The zero-order valence-corrected chi connectivity index (χ0v) is 15.4. The van der Waals surface area contributed by atoms with Crippen molar-refractivity contribution in [1.29, 1.82) is 0 Å². The van der Waals surface area contributed by atoms with E-state index in [1.165, 1.54) is 18.2 Å². The number of benzene rings is 1. The second-order valence-electron chi connectivity index (χ2n) is 6.47. The van der Waals surface area contributed by atoms with Crippen molar-refractivity contribution in [3.05, 3.63) is 34.6 Å². The number of nitrogens with zero attached hydrogens (tertiary/aromatic N) is 3. The molecule has 2 heterocycles. The number of hydrogen-bond donors (Lipinski definition) is 0. The van der Waals surface area contributed by atoms with Crippen LogP contribution in [-0.2, 0) is 9.53 Å². The zero-order chi connectivity index (χ0) is 18.5. The summed E-state index contributed by atoms with van der Waals surface area (Å²) in [6, 6.07) is 4.20. The Bertz CT molecular complexity index is 639. The first kappa shape index (κ1) is 19.1. The van der Waals surface area contributed by atoms with Gasteiger partial charge >= 0.3 is 0 Å². The molecule has 2 aliphatic heterocycles. The number of rotatable bonds is 4. The number of morpholine rings is 1. The Balaban J connectivity index is 1.49. The van der Waals surface area contributed by atoms with Crippen LogP contribution in [0.25, 0.3) is 0 Å². The third-order valence-corrected chi connectivity index (χ3v) is 5.16. The Labute approximate surface area is 157 Å². The topological polar surface area (TPSA) is 53.1 Å². The van der Waals surface area contributed by atoms with Crippen LogP contribution < -0.4 is 0 Å². The van der Waals surface area contributed by atoms with Crippen molar-refractivity contribution in [1.82, 2.24) is 14.7 Å². The SMILES string of the molecule is O=C(CCN1CCOCC1)N1CCN(C(=O)c2c(F)cccc2Cl)CC1. The van der Waals surface area contributed by atoms with Crippen LogP contribution in [0.3, 0.4) is 0 Å². The van der Waals surface area contributed by atoms with Crippen LogP contribution in [0.5, 0.6) is 0 Å². The molecule has 2 amide bonds. The van der Waals surface area contributed by atoms with Crippen LogP contribution in [0.15, 0.2) is 18.2 Å². The Kier molecular flexibility index (Phi) is 6.45. The van der Waals surface area contributed by atoms with Gasteiger partial charge in [-0.1, -0.05) is 17.7 Å². The predicted molar refractivity (Wildman–Crippen MR) is 95.8 cm³/mol. The molecule has 0 aromatic heterocycles. The van der Waals surface area contributed by atoms with Gasteiger partial charge in [0, 0.05) is 52.2 Å². The molecule has 0 bridgehead atoms. The average Bonchev–Trinajstić information content (AvgIpc) is 2.67. The molecule has 3 rings (SSSR count). The number of carbonyl (C=O) groups excluding carboxylic acids is 2. The predicted octanol–water partition coefficient (Wildman–Crippen LogP) is 1.49. The average molecular weight is 384 g/mol. The maximum absolute atomic E-state index is 13.9. The normalized spacial score (nSPS) is 18.8. The molecule has 1 aromatic rings. The van der Waals surface area contributed by atoms with Crippen molar-refractivity contribution in [2.45, 2.75) is 6.42 Å². The van der Waals surface area contributed by atoms with E-state index in [9.17, 15) is 14.0 Å². The minimum atomic E-state index is -0.619. The van der Waals surface area contributed by atoms with Crippen LogP contribution in [-0.4, -0.2) is 85.5 Å². The van der Waals surface area contributed by atoms with Gasteiger partial charge in [0.05, 0.1) is 23.8 Å². The summed E-state index contributed by atoms with van der Waals surface area (Å²) in [5.74, 6) is -0.951. The van der Waals surface area contributed by atoms with E-state index in [2.05, 4.69) is 4.90 Å². The van der Waals surface area contributed by atoms with E-state index in [0.29, 0.717) is 45.8 Å². The van der Waals surface area contributed by atoms with Crippen LogP contribution in [0.4, 0.5) is 4.39 Å². The van der Waals surface area contributed by atoms with Gasteiger partial charge < -0.3 is 14.5 Å². The Morgan fingerprint density at radius 1 is 1.04 bits per heavy atom. The highest BCUT2D eigenvalue weighted by atomic mass is 35.5. The van der Waals surface area contributed by atoms with E-state index in [1.807, 2.05) is 0 Å². The number of ether oxygens (including phenoxy) is 1. The van der Waals surface area contributed by atoms with Crippen LogP contribution in [0, 0.1) is 5.82 Å². The molecule has 0 N–H and O–H groups in total. The molecule has 2 saturated heterocycles. The van der Waals surface area contributed by atoms with Gasteiger partial charge in [0.1, 0.15) is 5.82 Å². The molecule has 142 valence electrons. The summed E-state index contributed by atoms with van der Waals surface area (Å²) in [7, 11) is 0. The van der Waals surface area contributed by atoms with Gasteiger partial charge in [-0.2, -0.15) is 0 Å². The van der Waals surface area contributed by atoms with Crippen molar-refractivity contribution in [3.8, 4) is 0 Å². The molecule has 6 nitrogen and oxygen atoms in total. The van der Waals surface area contributed by atoms with Crippen LogP contribution in [0.2, 0.25) is 5.02 Å². The highest BCUT2D eigenvalue weighted by Gasteiger charge is 2.27. The van der Waals surface area contributed by atoms with Crippen LogP contribution in [0.1, 0.15) is 16.8 Å². The van der Waals surface area contributed by atoms with Crippen molar-refractivity contribution >= 4 is 23.4 Å². The van der Waals surface area contributed by atoms with Crippen molar-refractivity contribution in [3.63, 3.8) is 0 Å². The molecule has 0 radical (unpaired) electrons. The fraction of sp³-hybridized carbons (Fsp3) is 0.556. The second-order valence-corrected chi connectivity index (χ2v) is 6.88. The number of hydrogen-bond acceptors (Lipinski definition) is 4. The molecule has 0 saturated carbocycles. The molecule has 0 aliphatic carbocycles. The molecule has 2 aliphatic rings. The number of halogens is 2. The van der Waals surface area contributed by atoms with Gasteiger partial charge in [-0.25, -0.2) is 4.39 Å². The minimum Gasteiger partial charge on any atom is -0.379 e. The van der Waals surface area contributed by atoms with Gasteiger partial charge in [0.2, 0.25) is 5.91 Å². The fourth-order valence-electron chi connectivity index (χ4n) is 3.26. The molecule has 8 heteroatoms. The van der Waals surface area contributed by atoms with E-state index >= 15 is 0 Å². The quantitative estimate of drug-likeness (QED) is 0.790. The first-order valence-electron chi connectivity index (χ1n) is 8.87. The molecule has 1 aromatic carbocycles. The summed E-state index contributed by atoms with van der Waals surface area (Å²) in [5.41, 5.74) is -0.0961. The van der Waals surface area contributed by atoms with Gasteiger partial charge in [0.25, 0.3) is 5.91 Å². The second kappa shape index (κ2) is 8.79. The van der Waals surface area contributed by atoms with E-state index in [4.69, 9.17) is 16.3 Å². The largest absolute Gasteiger partial charge is 0.379 e. The van der Waals surface area contributed by atoms with Crippen molar-refractivity contribution in [2.75, 3.05) is 59.0 Å². The molecule has 0 atom stereocenters. The van der Waals surface area contributed by atoms with Crippen LogP contribution >= 0.6 is 11.6 Å². The van der Waals surface area contributed by atoms with Gasteiger partial charge in [-0.3, -0.25) is 14.5 Å². The van der Waals surface area contributed by atoms with E-state index in [-0.39, 0.29) is 16.5 Å². The summed E-state index contributed by atoms with van der Waals surface area (Å²) in [6.45, 7) is 5.56. The summed E-state index contributed by atoms with van der Waals surface area (Å²) < 4.78 is 19.2. The molecular weight excluding hydrogens is 361 g/mol. The lowest BCUT2D eigenvalue weighted by Gasteiger charge is -2.35. The van der Waals surface area contributed by atoms with E-state index in [0.717, 1.165) is 19.6 Å². The number of carbonyl (C=O) groups is 2. The lowest BCUT2D eigenvalue weighted by molar-refractivity contribution is -0.133. The lowest BCUT2D eigenvalue weighted by Crippen LogP contribution is -2.51. The van der Waals surface area contributed by atoms with Crippen molar-refractivity contribution < 1.29 is 18.7 Å². The zero-order valence-electron chi connectivity index (χ0n) is 14.6. The first-order chi connectivity index (χ1) is 12.6. The number of amides is 2. The Morgan fingerprint density at radius 3 is 2.35 bits per heavy atom. The van der Waals surface area contributed by atoms with E-state index in [1.54, 1.807) is 9.80 Å². The molecule has 26 heavy (non-hydrogen) atoms. The van der Waals surface area contributed by atoms with Crippen molar-refractivity contribution in [2.24, 2.45) is 0 Å². The highest BCUT2D eigenvalue weighted by Crippen LogP contribution is 2.21. The third kappa shape index (κ3) is 4.52. The maximum Gasteiger partial charge on any atom is 0.258 e. The molecule has 2 fully saturated rings. The van der Waals surface area contributed by atoms with E-state index < -0.39 is 11.7 Å². The standard InChI is InChI=1S/C18H23ClFN3O3/c19-14-2-1-3-15(20)17(14)18(25)23-8-6-22(7-9-23)16(24)4-5-21-10-12-26-13-11-21/h1-3H,4-13H2. The van der Waals surface area contributed by atoms with Gasteiger partial charge in [0.15, 0.2) is 0 Å². The first-order valence-corrected chi connectivity index (χ1v) is 9.25. The summed E-state index contributed by atoms with van der Waals surface area (Å²) in [5, 5.41) is 0.110. The minimum absolute atomic E-state index is 0.0903. The summed E-state index contributed by atoms with van der Waals surface area (Å²) >= 11 is 5.97. The smallest absolute Gasteiger partial charge is 0.258 e. The Morgan fingerprint density at radius 2 is 1.69 bits per heavy atom. The third-order valence-electron chi connectivity index (χ3n) is 4.84. The molecule has 0 spiro atoms. The summed E-state index contributed by atoms with van der Waals surface area (Å²) in [6.07, 6.45) is 0.465. The van der Waals surface area contributed by atoms with Gasteiger partial charge in [-0.15, -0.1) is 0 Å². The molecule has 0 unspecified atom stereocenters. The summed E-state index contributed by atoms with van der Waals surface area (Å²) in [4.78, 5) is 30.5. The molecular formula is C18H23ClFN3O3. The lowest BCUT2D eigenvalue weighted by atomic mass is 10.1.